The van der Waals surface area contributed by atoms with Gasteiger partial charge in [0.15, 0.2) is 11.6 Å². The molecule has 7 aromatic carbocycles. The van der Waals surface area contributed by atoms with E-state index < -0.39 is 11.6 Å². The Balaban J connectivity index is 0.000000555. The Kier molecular flexibility index (Phi) is 34.9. The lowest BCUT2D eigenvalue weighted by Gasteiger charge is -2.35. The number of hydrogen-bond acceptors (Lipinski definition) is 2. The van der Waals surface area contributed by atoms with Crippen molar-refractivity contribution < 1.29 is 26.3 Å². The highest BCUT2D eigenvalue weighted by atomic mass is 19.2. The summed E-state index contributed by atoms with van der Waals surface area (Å²) in [6, 6.07) is 40.6. The Labute approximate surface area is 589 Å². The summed E-state index contributed by atoms with van der Waals surface area (Å²) < 4.78 is 78.5. The van der Waals surface area contributed by atoms with Crippen LogP contribution in [-0.2, 0) is 37.9 Å². The Morgan fingerprint density at radius 2 is 0.763 bits per heavy atom. The zero-order chi connectivity index (χ0) is 75.2. The van der Waals surface area contributed by atoms with Crippen LogP contribution in [0.1, 0.15) is 257 Å². The van der Waals surface area contributed by atoms with Crippen LogP contribution in [0.3, 0.4) is 0 Å². The molecule has 8 rings (SSSR count). The molecule has 1 aliphatic rings. The Morgan fingerprint density at radius 1 is 0.309 bits per heavy atom. The second-order valence-corrected chi connectivity index (χ2v) is 35.0. The number of benzene rings is 7. The average Bonchev–Trinajstić information content (AvgIpc) is 0.873. The minimum atomic E-state index is -0.776. The smallest absolute Gasteiger partial charge is 0.162 e. The first-order valence-electron chi connectivity index (χ1n) is 35.1. The Hall–Kier alpha value is -5.96. The van der Waals surface area contributed by atoms with Gasteiger partial charge in [-0.3, -0.25) is 0 Å². The minimum absolute atomic E-state index is 0.0346. The first-order chi connectivity index (χ1) is 44.0. The molecule has 0 N–H and O–H groups in total. The van der Waals surface area contributed by atoms with Crippen molar-refractivity contribution in [3.8, 4) is 0 Å². The molecule has 0 amide bonds. The van der Waals surface area contributed by atoms with E-state index in [2.05, 4.69) is 184 Å². The number of nitrogens with zero attached hydrogens (tertiary/aromatic N) is 2. The third-order valence-electron chi connectivity index (χ3n) is 16.8. The van der Waals surface area contributed by atoms with Gasteiger partial charge >= 0.3 is 0 Å². The summed E-state index contributed by atoms with van der Waals surface area (Å²) in [5, 5.41) is 0. The maximum Gasteiger partial charge on any atom is 0.162 e. The maximum atomic E-state index is 13.3. The first-order valence-corrected chi connectivity index (χ1v) is 35.1. The van der Waals surface area contributed by atoms with Crippen molar-refractivity contribution in [3.05, 3.63) is 246 Å². The minimum Gasteiger partial charge on any atom is -0.301 e. The molecule has 1 saturated heterocycles. The molecule has 1 heterocycles. The molecule has 0 spiro atoms. The van der Waals surface area contributed by atoms with E-state index >= 15 is 0 Å². The SMILES string of the molecule is CC(C)(C)c1cccc(F)c1F.CCN1CCN(CCC(C)(C)C)CC1.Cc1cc(F)cc(C(C)(C)C)c1.Cc1ccc(C(C)(C)C)c(F)c1.Cc1ccc(C(C)(C)C)cc1F.Cc1ccc(F)c(C(C)(C)C)c1.Cc1cccc(C)c1C(C)(C)C.Cc1ccccc1C(C)(C)C. The van der Waals surface area contributed by atoms with Gasteiger partial charge in [0.25, 0.3) is 0 Å². The van der Waals surface area contributed by atoms with Gasteiger partial charge in [-0.1, -0.05) is 276 Å². The van der Waals surface area contributed by atoms with Crippen molar-refractivity contribution in [2.24, 2.45) is 5.41 Å². The number of rotatable bonds is 3. The molecule has 7 aromatic rings. The van der Waals surface area contributed by atoms with Crippen molar-refractivity contribution in [2.45, 2.75) is 266 Å². The van der Waals surface area contributed by atoms with Gasteiger partial charge < -0.3 is 9.80 Å². The molecule has 1 aliphatic heterocycles. The normalized spacial score (nSPS) is 13.1. The molecular formula is C89H132F6N2. The molecule has 0 atom stereocenters. The number of aryl methyl sites for hydroxylation is 7. The van der Waals surface area contributed by atoms with E-state index in [4.69, 9.17) is 0 Å². The van der Waals surface area contributed by atoms with E-state index in [0.29, 0.717) is 16.5 Å². The average molecular weight is 1340 g/mol. The predicted molar refractivity (Wildman–Crippen MR) is 412 cm³/mol. The lowest BCUT2D eigenvalue weighted by molar-refractivity contribution is 0.125. The molecule has 1 fully saturated rings. The quantitative estimate of drug-likeness (QED) is 0.163. The fourth-order valence-electron chi connectivity index (χ4n) is 11.0. The number of likely N-dealkylation sites (N-methyl/N-ethyl adjacent to an activating group) is 1. The summed E-state index contributed by atoms with van der Waals surface area (Å²) >= 11 is 0. The van der Waals surface area contributed by atoms with Crippen molar-refractivity contribution in [2.75, 3.05) is 39.3 Å². The molecule has 0 bridgehead atoms. The lowest BCUT2D eigenvalue weighted by Crippen LogP contribution is -2.46. The van der Waals surface area contributed by atoms with Gasteiger partial charge in [-0.05, 0) is 220 Å². The highest BCUT2D eigenvalue weighted by molar-refractivity contribution is 5.39. The number of hydrogen-bond donors (Lipinski definition) is 0. The summed E-state index contributed by atoms with van der Waals surface area (Å²) in [6.45, 7) is 74.6. The van der Waals surface area contributed by atoms with E-state index in [1.807, 2.05) is 119 Å². The van der Waals surface area contributed by atoms with Crippen molar-refractivity contribution >= 4 is 0 Å². The van der Waals surface area contributed by atoms with E-state index in [-0.39, 0.29) is 61.2 Å². The van der Waals surface area contributed by atoms with Crippen molar-refractivity contribution in [1.82, 2.24) is 9.80 Å². The Bertz CT molecular complexity index is 3420. The van der Waals surface area contributed by atoms with Crippen LogP contribution < -0.4 is 0 Å². The van der Waals surface area contributed by atoms with Crippen molar-refractivity contribution in [3.63, 3.8) is 0 Å². The van der Waals surface area contributed by atoms with Crippen LogP contribution in [0.2, 0.25) is 0 Å². The van der Waals surface area contributed by atoms with Crippen LogP contribution in [0.5, 0.6) is 0 Å². The van der Waals surface area contributed by atoms with Gasteiger partial charge in [0.1, 0.15) is 23.3 Å². The summed E-state index contributed by atoms with van der Waals surface area (Å²) in [4.78, 5) is 5.14. The summed E-state index contributed by atoms with van der Waals surface area (Å²) in [7, 11) is 0. The van der Waals surface area contributed by atoms with Gasteiger partial charge in [-0.2, -0.15) is 0 Å². The largest absolute Gasteiger partial charge is 0.301 e. The van der Waals surface area contributed by atoms with Gasteiger partial charge in [-0.25, -0.2) is 26.3 Å². The monoisotopic (exact) mass is 1340 g/mol. The second-order valence-electron chi connectivity index (χ2n) is 35.0. The van der Waals surface area contributed by atoms with Gasteiger partial charge in [0.05, 0.1) is 0 Å². The molecular weight excluding hydrogens is 1210 g/mol. The molecule has 0 aromatic heterocycles. The van der Waals surface area contributed by atoms with Gasteiger partial charge in [0, 0.05) is 26.2 Å². The molecule has 0 unspecified atom stereocenters. The van der Waals surface area contributed by atoms with Crippen LogP contribution in [0.15, 0.2) is 133 Å². The highest BCUT2D eigenvalue weighted by Crippen LogP contribution is 2.32. The predicted octanol–water partition coefficient (Wildman–Crippen LogP) is 25.9. The molecule has 8 heteroatoms. The highest BCUT2D eigenvalue weighted by Gasteiger charge is 2.24. The second kappa shape index (κ2) is 38.0. The molecule has 0 aliphatic carbocycles. The number of halogens is 6. The van der Waals surface area contributed by atoms with E-state index in [9.17, 15) is 26.3 Å². The molecule has 540 valence electrons. The topological polar surface area (TPSA) is 6.48 Å². The fraction of sp³-hybridized carbons (Fsp3) is 0.528. The maximum absolute atomic E-state index is 13.3. The summed E-state index contributed by atoms with van der Waals surface area (Å²) in [5.74, 6) is -1.95. The fourth-order valence-corrected chi connectivity index (χ4v) is 11.0. The summed E-state index contributed by atoms with van der Waals surface area (Å²) in [6.07, 6.45) is 1.32. The molecule has 0 saturated carbocycles. The van der Waals surface area contributed by atoms with E-state index in [0.717, 1.165) is 45.0 Å². The Morgan fingerprint density at radius 3 is 1.15 bits per heavy atom. The van der Waals surface area contributed by atoms with Gasteiger partial charge in [0.2, 0.25) is 0 Å². The molecule has 2 nitrogen and oxygen atoms in total. The zero-order valence-corrected chi connectivity index (χ0v) is 66.8. The van der Waals surface area contributed by atoms with Crippen molar-refractivity contribution in [1.29, 1.82) is 0 Å². The van der Waals surface area contributed by atoms with Crippen LogP contribution in [0.4, 0.5) is 26.3 Å². The van der Waals surface area contributed by atoms with Crippen LogP contribution in [-0.4, -0.2) is 49.1 Å². The third-order valence-corrected chi connectivity index (χ3v) is 16.8. The van der Waals surface area contributed by atoms with Crippen LogP contribution in [0.25, 0.3) is 0 Å². The summed E-state index contributed by atoms with van der Waals surface area (Å²) in [5.41, 5.74) is 15.6. The van der Waals surface area contributed by atoms with Crippen LogP contribution in [0, 0.1) is 88.8 Å². The van der Waals surface area contributed by atoms with Gasteiger partial charge in [-0.15, -0.1) is 0 Å². The molecule has 0 radical (unpaired) electrons. The van der Waals surface area contributed by atoms with Crippen LogP contribution >= 0.6 is 0 Å². The number of piperazine rings is 1. The molecule has 97 heavy (non-hydrogen) atoms. The standard InChI is InChI=1S/C12H26N2.C12H18.4C11H15F.C11H16.C10H12F2/c1-5-13-8-10-14(11-9-13)7-6-12(2,3)4;1-9-7-6-8-10(2)11(9)12(3,4)5;1-8-5-9(11(2,3)4)7-10(12)6-8;1-8-5-6-9(7-10(8)12)11(2,3)4;1-8-5-6-10(12)9(7-8)11(2,3)4;1-8-5-6-9(10(12)7-8)11(2,3)4;1-9-7-5-6-8-10(9)11(2,3)4;1-10(2,3)7-5-4-6-8(11)9(7)12/h5-11H2,1-4H3;6-8H,1-5H3;4*5-7H,1-4H3;5-8H,1-4H3;4-6H,1-3H3. The van der Waals surface area contributed by atoms with E-state index in [1.54, 1.807) is 43.3 Å². The zero-order valence-electron chi connectivity index (χ0n) is 66.8. The third kappa shape index (κ3) is 33.6. The lowest BCUT2D eigenvalue weighted by atomic mass is 9.81. The first kappa shape index (κ1) is 89.1. The van der Waals surface area contributed by atoms with E-state index in [1.165, 1.54) is 85.6 Å².